The Morgan fingerprint density at radius 2 is 1.90 bits per heavy atom. The van der Waals surface area contributed by atoms with E-state index in [0.29, 0.717) is 38.5 Å². The highest BCUT2D eigenvalue weighted by Crippen LogP contribution is 2.22. The third kappa shape index (κ3) is 4.67. The van der Waals surface area contributed by atoms with Crippen molar-refractivity contribution in [3.05, 3.63) is 29.6 Å². The Bertz CT molecular complexity index is 806. The number of hydrogen-bond acceptors (Lipinski definition) is 5. The number of nitrogens with zero attached hydrogens (tertiary/aromatic N) is 3. The molecule has 0 spiro atoms. The number of piperazine rings is 1. The van der Waals surface area contributed by atoms with Crippen LogP contribution in [0.2, 0.25) is 0 Å². The number of carbonyl (C=O) groups excluding carboxylic acids is 3. The zero-order chi connectivity index (χ0) is 21.2. The number of benzene rings is 1. The highest BCUT2D eigenvalue weighted by Gasteiger charge is 2.44. The molecule has 9 heteroatoms. The van der Waals surface area contributed by atoms with E-state index in [1.165, 1.54) is 12.1 Å². The van der Waals surface area contributed by atoms with Gasteiger partial charge in [0.15, 0.2) is 0 Å². The van der Waals surface area contributed by atoms with Crippen LogP contribution in [-0.2, 0) is 16.1 Å². The summed E-state index contributed by atoms with van der Waals surface area (Å²) in [5.41, 5.74) is -0.155. The number of methoxy groups -OCH3 is 1. The van der Waals surface area contributed by atoms with Crippen LogP contribution in [0.4, 0.5) is 9.18 Å². The number of ether oxygens (including phenoxy) is 1. The third-order valence-electron chi connectivity index (χ3n) is 5.36. The Morgan fingerprint density at radius 3 is 2.48 bits per heavy atom. The second kappa shape index (κ2) is 8.36. The zero-order valence-corrected chi connectivity index (χ0v) is 17.0. The predicted molar refractivity (Wildman–Crippen MR) is 104 cm³/mol. The van der Waals surface area contributed by atoms with Crippen molar-refractivity contribution in [3.8, 4) is 5.75 Å². The molecule has 1 aromatic carbocycles. The molecule has 3 rings (SSSR count). The molecule has 0 aliphatic carbocycles. The minimum absolute atomic E-state index is 0.0770. The van der Waals surface area contributed by atoms with Crippen LogP contribution >= 0.6 is 0 Å². The van der Waals surface area contributed by atoms with Crippen molar-refractivity contribution >= 4 is 17.8 Å². The molecule has 2 heterocycles. The molecule has 0 saturated carbocycles. The van der Waals surface area contributed by atoms with Gasteiger partial charge in [-0.05, 0) is 32.0 Å². The lowest BCUT2D eigenvalue weighted by atomic mass is 10.1. The van der Waals surface area contributed by atoms with Gasteiger partial charge in [0.2, 0.25) is 5.91 Å². The maximum atomic E-state index is 13.5. The van der Waals surface area contributed by atoms with Gasteiger partial charge in [-0.15, -0.1) is 0 Å². The van der Waals surface area contributed by atoms with Crippen molar-refractivity contribution in [2.75, 3.05) is 39.8 Å². The van der Waals surface area contributed by atoms with E-state index in [0.717, 1.165) is 10.5 Å². The normalized spacial score (nSPS) is 19.4. The number of imide groups is 1. The van der Waals surface area contributed by atoms with Crippen molar-refractivity contribution in [2.45, 2.75) is 32.4 Å². The first-order chi connectivity index (χ1) is 13.7. The summed E-state index contributed by atoms with van der Waals surface area (Å²) in [6.45, 7) is 6.30. The smallest absolute Gasteiger partial charge is 0.325 e. The van der Waals surface area contributed by atoms with Crippen LogP contribution in [0, 0.1) is 5.82 Å². The molecule has 8 nitrogen and oxygen atoms in total. The van der Waals surface area contributed by atoms with Crippen LogP contribution in [0.5, 0.6) is 5.75 Å². The largest absolute Gasteiger partial charge is 0.496 e. The summed E-state index contributed by atoms with van der Waals surface area (Å²) in [6.07, 6.45) is 0.104. The summed E-state index contributed by atoms with van der Waals surface area (Å²) in [5, 5.41) is 2.61. The van der Waals surface area contributed by atoms with Crippen molar-refractivity contribution < 1.29 is 23.5 Å². The van der Waals surface area contributed by atoms with E-state index in [9.17, 15) is 18.8 Å². The molecular formula is C20H27FN4O4. The van der Waals surface area contributed by atoms with Crippen LogP contribution in [0.25, 0.3) is 0 Å². The summed E-state index contributed by atoms with van der Waals surface area (Å²) < 4.78 is 18.8. The molecule has 0 bridgehead atoms. The van der Waals surface area contributed by atoms with Gasteiger partial charge in [0.05, 0.1) is 7.11 Å². The summed E-state index contributed by atoms with van der Waals surface area (Å²) in [4.78, 5) is 41.6. The molecule has 0 aromatic heterocycles. The first-order valence-electron chi connectivity index (χ1n) is 9.68. The Labute approximate surface area is 169 Å². The van der Waals surface area contributed by atoms with E-state index >= 15 is 0 Å². The van der Waals surface area contributed by atoms with Crippen LogP contribution in [-0.4, -0.2) is 77.9 Å². The molecule has 0 unspecified atom stereocenters. The van der Waals surface area contributed by atoms with Crippen LogP contribution in [0.3, 0.4) is 0 Å². The maximum absolute atomic E-state index is 13.5. The Hall–Kier alpha value is -2.68. The molecule has 0 radical (unpaired) electrons. The van der Waals surface area contributed by atoms with Crippen molar-refractivity contribution in [2.24, 2.45) is 0 Å². The Kier molecular flexibility index (Phi) is 6.07. The Balaban J connectivity index is 1.48. The highest BCUT2D eigenvalue weighted by atomic mass is 19.1. The van der Waals surface area contributed by atoms with E-state index in [4.69, 9.17) is 4.74 Å². The summed E-state index contributed by atoms with van der Waals surface area (Å²) >= 11 is 0. The van der Waals surface area contributed by atoms with E-state index in [1.807, 2.05) is 0 Å². The second-order valence-corrected chi connectivity index (χ2v) is 7.88. The van der Waals surface area contributed by atoms with Crippen LogP contribution in [0.1, 0.15) is 25.8 Å². The van der Waals surface area contributed by atoms with Crippen molar-refractivity contribution in [3.63, 3.8) is 0 Å². The molecule has 2 fully saturated rings. The van der Waals surface area contributed by atoms with E-state index in [1.54, 1.807) is 31.9 Å². The molecule has 4 amide bonds. The van der Waals surface area contributed by atoms with Gasteiger partial charge in [-0.1, -0.05) is 0 Å². The number of carbonyl (C=O) groups is 3. The van der Waals surface area contributed by atoms with Gasteiger partial charge in [0.1, 0.15) is 17.1 Å². The topological polar surface area (TPSA) is 82.2 Å². The van der Waals surface area contributed by atoms with E-state index < -0.39 is 11.6 Å². The molecular weight excluding hydrogens is 379 g/mol. The SMILES string of the molecule is COc1ccc(F)cc1CN1CCN(C(=O)CCN2C(=O)NC(C)(C)C2=O)CC1. The van der Waals surface area contributed by atoms with Crippen LogP contribution < -0.4 is 10.1 Å². The van der Waals surface area contributed by atoms with Crippen molar-refractivity contribution in [1.29, 1.82) is 0 Å². The van der Waals surface area contributed by atoms with E-state index in [2.05, 4.69) is 10.2 Å². The third-order valence-corrected chi connectivity index (χ3v) is 5.36. The van der Waals surface area contributed by atoms with Gasteiger partial charge in [-0.2, -0.15) is 0 Å². The minimum Gasteiger partial charge on any atom is -0.496 e. The Morgan fingerprint density at radius 1 is 1.21 bits per heavy atom. The summed E-state index contributed by atoms with van der Waals surface area (Å²) in [7, 11) is 1.56. The number of halogens is 1. The fourth-order valence-corrected chi connectivity index (χ4v) is 3.65. The molecule has 2 aliphatic heterocycles. The molecule has 2 saturated heterocycles. The highest BCUT2D eigenvalue weighted by molar-refractivity contribution is 6.06. The predicted octanol–water partition coefficient (Wildman–Crippen LogP) is 1.20. The average Bonchev–Trinajstić information content (AvgIpc) is 2.87. The summed E-state index contributed by atoms with van der Waals surface area (Å²) in [6, 6.07) is 3.99. The molecule has 29 heavy (non-hydrogen) atoms. The number of amides is 4. The van der Waals surface area contributed by atoms with Gasteiger partial charge in [-0.25, -0.2) is 9.18 Å². The fourth-order valence-electron chi connectivity index (χ4n) is 3.65. The van der Waals surface area contributed by atoms with Crippen molar-refractivity contribution in [1.82, 2.24) is 20.0 Å². The van der Waals surface area contributed by atoms with Gasteiger partial charge >= 0.3 is 6.03 Å². The minimum atomic E-state index is -0.927. The zero-order valence-electron chi connectivity index (χ0n) is 17.0. The number of urea groups is 1. The number of nitrogens with one attached hydrogen (secondary N) is 1. The average molecular weight is 406 g/mol. The van der Waals surface area contributed by atoms with Crippen LogP contribution in [0.15, 0.2) is 18.2 Å². The van der Waals surface area contributed by atoms with E-state index in [-0.39, 0.29) is 30.6 Å². The molecule has 0 atom stereocenters. The standard InChI is InChI=1S/C20H27FN4O4/c1-20(2)18(27)25(19(28)22-20)7-6-17(26)24-10-8-23(9-11-24)13-14-12-15(21)4-5-16(14)29-3/h4-5,12H,6-11,13H2,1-3H3,(H,22,28). The quantitative estimate of drug-likeness (QED) is 0.718. The number of hydrogen-bond donors (Lipinski definition) is 1. The van der Waals surface area contributed by atoms with Gasteiger partial charge < -0.3 is 15.0 Å². The molecule has 158 valence electrons. The monoisotopic (exact) mass is 406 g/mol. The maximum Gasteiger partial charge on any atom is 0.325 e. The lowest BCUT2D eigenvalue weighted by Gasteiger charge is -2.35. The van der Waals surface area contributed by atoms with Gasteiger partial charge in [-0.3, -0.25) is 19.4 Å². The first kappa shape index (κ1) is 21.0. The lowest BCUT2D eigenvalue weighted by Crippen LogP contribution is -2.49. The lowest BCUT2D eigenvalue weighted by molar-refractivity contribution is -0.134. The summed E-state index contributed by atoms with van der Waals surface area (Å²) in [5.74, 6) is -0.0675. The number of rotatable bonds is 6. The molecule has 2 aliphatic rings. The fraction of sp³-hybridized carbons (Fsp3) is 0.550. The molecule has 1 N–H and O–H groups in total. The van der Waals surface area contributed by atoms with Gasteiger partial charge in [0.25, 0.3) is 5.91 Å². The van der Waals surface area contributed by atoms with Gasteiger partial charge in [0, 0.05) is 51.3 Å². The second-order valence-electron chi connectivity index (χ2n) is 7.88. The first-order valence-corrected chi connectivity index (χ1v) is 9.68. The molecule has 1 aromatic rings.